The Morgan fingerprint density at radius 3 is 1.75 bits per heavy atom. The molecule has 6 nitrogen and oxygen atoms in total. The molecule has 3 unspecified atom stereocenters. The lowest BCUT2D eigenvalue weighted by Gasteiger charge is -2.09. The number of aliphatic hydroxyl groups is 1. The van der Waals surface area contributed by atoms with Crippen molar-refractivity contribution in [3.63, 3.8) is 0 Å². The highest BCUT2D eigenvalue weighted by Gasteiger charge is 1.99. The maximum Gasteiger partial charge on any atom is 0.332 e. The first-order valence-electron chi connectivity index (χ1n) is 8.40. The number of aliphatic hydroxyl groups excluding tert-OH is 1. The molecule has 0 aliphatic rings. The minimum atomic E-state index is -0.451. The van der Waals surface area contributed by atoms with Crippen LogP contribution in [0.25, 0.3) is 0 Å². The van der Waals surface area contributed by atoms with Crippen LogP contribution in [0, 0.1) is 0 Å². The molecular formula is C18H36O6. The third-order valence-electron chi connectivity index (χ3n) is 2.83. The number of ether oxygens (including phenoxy) is 3. The molecule has 0 amide bonds. The van der Waals surface area contributed by atoms with Gasteiger partial charge in [-0.05, 0) is 40.0 Å². The standard InChI is InChI=1S/C8H14O3.C6H12O2.C4H10O/c1-4-7(3)10-6-11-8(9)5-2;1-4-5(2)8-6(3)7;1-3-4(2)5/h5,7H,2,4,6H2,1,3H3;5H,4H2,1-3H3;4-5H,3H2,1-2H3. The highest BCUT2D eigenvalue weighted by molar-refractivity contribution is 5.81. The normalized spacial score (nSPS) is 13.0. The zero-order valence-corrected chi connectivity index (χ0v) is 16.3. The van der Waals surface area contributed by atoms with E-state index in [0.717, 1.165) is 25.3 Å². The van der Waals surface area contributed by atoms with Crippen molar-refractivity contribution in [2.75, 3.05) is 6.79 Å². The quantitative estimate of drug-likeness (QED) is 0.410. The molecule has 0 aromatic rings. The summed E-state index contributed by atoms with van der Waals surface area (Å²) in [6.45, 7) is 16.2. The largest absolute Gasteiger partial charge is 0.463 e. The first-order chi connectivity index (χ1) is 11.1. The van der Waals surface area contributed by atoms with Crippen LogP contribution in [0.5, 0.6) is 0 Å². The van der Waals surface area contributed by atoms with E-state index in [1.165, 1.54) is 6.92 Å². The summed E-state index contributed by atoms with van der Waals surface area (Å²) in [5.41, 5.74) is 0. The second-order valence-corrected chi connectivity index (χ2v) is 5.26. The zero-order chi connectivity index (χ0) is 19.5. The van der Waals surface area contributed by atoms with Gasteiger partial charge in [0.15, 0.2) is 6.79 Å². The first kappa shape index (κ1) is 27.4. The van der Waals surface area contributed by atoms with E-state index in [1.807, 2.05) is 34.6 Å². The summed E-state index contributed by atoms with van der Waals surface area (Å²) >= 11 is 0. The Morgan fingerprint density at radius 2 is 1.50 bits per heavy atom. The Kier molecular flexibility index (Phi) is 22.5. The Balaban J connectivity index is -0.000000298. The molecule has 0 rings (SSSR count). The van der Waals surface area contributed by atoms with Crippen molar-refractivity contribution < 1.29 is 28.9 Å². The van der Waals surface area contributed by atoms with Gasteiger partial charge < -0.3 is 19.3 Å². The molecule has 144 valence electrons. The van der Waals surface area contributed by atoms with Gasteiger partial charge in [0.05, 0.1) is 18.3 Å². The summed E-state index contributed by atoms with van der Waals surface area (Å²) in [7, 11) is 0. The van der Waals surface area contributed by atoms with Crippen LogP contribution in [0.2, 0.25) is 0 Å². The molecule has 0 bridgehead atoms. The molecule has 0 radical (unpaired) electrons. The van der Waals surface area contributed by atoms with Crippen LogP contribution < -0.4 is 0 Å². The van der Waals surface area contributed by atoms with Crippen LogP contribution in [0.15, 0.2) is 12.7 Å². The monoisotopic (exact) mass is 348 g/mol. The maximum absolute atomic E-state index is 10.5. The Morgan fingerprint density at radius 1 is 1.04 bits per heavy atom. The third kappa shape index (κ3) is 28.7. The predicted octanol–water partition coefficient (Wildman–Crippen LogP) is 3.61. The van der Waals surface area contributed by atoms with Gasteiger partial charge in [-0.1, -0.05) is 27.4 Å². The molecule has 0 aromatic carbocycles. The van der Waals surface area contributed by atoms with Crippen LogP contribution in [0.4, 0.5) is 0 Å². The van der Waals surface area contributed by atoms with Crippen molar-refractivity contribution in [3.05, 3.63) is 12.7 Å². The molecule has 0 aliphatic heterocycles. The van der Waals surface area contributed by atoms with Crippen molar-refractivity contribution >= 4 is 11.9 Å². The van der Waals surface area contributed by atoms with E-state index in [2.05, 4.69) is 11.3 Å². The van der Waals surface area contributed by atoms with Crippen LogP contribution in [0.1, 0.15) is 67.7 Å². The number of carbonyl (C=O) groups excluding carboxylic acids is 2. The van der Waals surface area contributed by atoms with Crippen molar-refractivity contribution in [2.24, 2.45) is 0 Å². The first-order valence-corrected chi connectivity index (χ1v) is 8.40. The lowest BCUT2D eigenvalue weighted by atomic mass is 10.3. The van der Waals surface area contributed by atoms with E-state index in [9.17, 15) is 9.59 Å². The van der Waals surface area contributed by atoms with Gasteiger partial charge in [-0.2, -0.15) is 0 Å². The Bertz CT molecular complexity index is 315. The topological polar surface area (TPSA) is 82.1 Å². The third-order valence-corrected chi connectivity index (χ3v) is 2.83. The molecule has 0 saturated heterocycles. The number of hydrogen-bond donors (Lipinski definition) is 1. The Labute approximate surface area is 147 Å². The summed E-state index contributed by atoms with van der Waals surface area (Å²) in [6.07, 6.45) is 3.86. The van der Waals surface area contributed by atoms with E-state index < -0.39 is 5.97 Å². The van der Waals surface area contributed by atoms with Gasteiger partial charge in [-0.3, -0.25) is 4.79 Å². The second kappa shape index (κ2) is 19.6. The van der Waals surface area contributed by atoms with E-state index in [4.69, 9.17) is 14.6 Å². The smallest absolute Gasteiger partial charge is 0.332 e. The van der Waals surface area contributed by atoms with E-state index in [-0.39, 0.29) is 31.1 Å². The lowest BCUT2D eigenvalue weighted by molar-refractivity contribution is -0.154. The molecule has 3 atom stereocenters. The summed E-state index contributed by atoms with van der Waals surface area (Å²) < 4.78 is 14.4. The number of carbonyl (C=O) groups is 2. The fourth-order valence-electron chi connectivity index (χ4n) is 0.752. The molecule has 24 heavy (non-hydrogen) atoms. The minimum Gasteiger partial charge on any atom is -0.463 e. The maximum atomic E-state index is 10.5. The van der Waals surface area contributed by atoms with E-state index in [0.29, 0.717) is 0 Å². The molecule has 0 aliphatic carbocycles. The summed E-state index contributed by atoms with van der Waals surface area (Å²) in [5.74, 6) is -0.646. The molecule has 0 spiro atoms. The van der Waals surface area contributed by atoms with E-state index in [1.54, 1.807) is 6.92 Å². The molecule has 0 aromatic heterocycles. The lowest BCUT2D eigenvalue weighted by Crippen LogP contribution is -2.12. The summed E-state index contributed by atoms with van der Waals surface area (Å²) in [5, 5.41) is 8.36. The van der Waals surface area contributed by atoms with Crippen molar-refractivity contribution in [1.82, 2.24) is 0 Å². The molecule has 6 heteroatoms. The SMILES string of the molecule is C=CC(=O)OCOC(C)CC.CCC(C)O.CCC(C)OC(C)=O. The molecular weight excluding hydrogens is 312 g/mol. The minimum absolute atomic E-state index is 0.0137. The van der Waals surface area contributed by atoms with Crippen molar-refractivity contribution in [1.29, 1.82) is 0 Å². The summed E-state index contributed by atoms with van der Waals surface area (Å²) in [4.78, 5) is 20.7. The van der Waals surface area contributed by atoms with Crippen molar-refractivity contribution in [2.45, 2.75) is 86.0 Å². The van der Waals surface area contributed by atoms with Crippen LogP contribution in [0.3, 0.4) is 0 Å². The van der Waals surface area contributed by atoms with E-state index >= 15 is 0 Å². The second-order valence-electron chi connectivity index (χ2n) is 5.26. The fourth-order valence-corrected chi connectivity index (χ4v) is 0.752. The van der Waals surface area contributed by atoms with Gasteiger partial charge in [0.2, 0.25) is 0 Å². The van der Waals surface area contributed by atoms with Crippen LogP contribution in [-0.4, -0.2) is 42.1 Å². The molecule has 0 saturated carbocycles. The van der Waals surface area contributed by atoms with Gasteiger partial charge in [0.1, 0.15) is 0 Å². The highest BCUT2D eigenvalue weighted by Crippen LogP contribution is 1.95. The predicted molar refractivity (Wildman–Crippen MR) is 95.5 cm³/mol. The van der Waals surface area contributed by atoms with Gasteiger partial charge in [0, 0.05) is 13.0 Å². The van der Waals surface area contributed by atoms with Crippen molar-refractivity contribution in [3.8, 4) is 0 Å². The Hall–Kier alpha value is -1.40. The number of hydrogen-bond acceptors (Lipinski definition) is 6. The molecule has 1 N–H and O–H groups in total. The number of rotatable bonds is 8. The number of esters is 2. The summed E-state index contributed by atoms with van der Waals surface area (Å²) in [6, 6.07) is 0. The highest BCUT2D eigenvalue weighted by atomic mass is 16.7. The fraction of sp³-hybridized carbons (Fsp3) is 0.778. The van der Waals surface area contributed by atoms with Gasteiger partial charge in [-0.15, -0.1) is 0 Å². The van der Waals surface area contributed by atoms with Gasteiger partial charge in [0.25, 0.3) is 0 Å². The van der Waals surface area contributed by atoms with Crippen LogP contribution >= 0.6 is 0 Å². The molecule has 0 heterocycles. The van der Waals surface area contributed by atoms with Gasteiger partial charge in [-0.25, -0.2) is 4.79 Å². The average Bonchev–Trinajstić information content (AvgIpc) is 2.54. The molecule has 0 fully saturated rings. The van der Waals surface area contributed by atoms with Crippen LogP contribution in [-0.2, 0) is 23.8 Å². The average molecular weight is 348 g/mol. The van der Waals surface area contributed by atoms with Gasteiger partial charge >= 0.3 is 11.9 Å². The zero-order valence-electron chi connectivity index (χ0n) is 16.3.